The van der Waals surface area contributed by atoms with E-state index >= 15 is 0 Å². The number of nitrogens with one attached hydrogen (secondary N) is 2. The molecular formula is C11H22N2O. The lowest BCUT2D eigenvalue weighted by Crippen LogP contribution is -2.53. The molecule has 1 unspecified atom stereocenters. The Hall–Kier alpha value is -0.570. The van der Waals surface area contributed by atoms with Crippen LogP contribution in [0.3, 0.4) is 0 Å². The summed E-state index contributed by atoms with van der Waals surface area (Å²) in [6.45, 7) is 6.78. The molecule has 3 nitrogen and oxygen atoms in total. The van der Waals surface area contributed by atoms with Gasteiger partial charge < -0.3 is 10.6 Å². The molecule has 1 saturated carbocycles. The smallest absolute Gasteiger partial charge is 0.234 e. The predicted molar refractivity (Wildman–Crippen MR) is 58.2 cm³/mol. The van der Waals surface area contributed by atoms with Crippen molar-refractivity contribution >= 4 is 5.91 Å². The summed E-state index contributed by atoms with van der Waals surface area (Å²) in [5.74, 6) is 0.132. The molecule has 1 aliphatic rings. The Morgan fingerprint density at radius 3 is 2.57 bits per heavy atom. The summed E-state index contributed by atoms with van der Waals surface area (Å²) in [5, 5.41) is 6.26. The predicted octanol–water partition coefficient (Wildman–Crippen LogP) is 1.43. The Bertz CT molecular complexity index is 199. The van der Waals surface area contributed by atoms with Crippen LogP contribution in [0.5, 0.6) is 0 Å². The fourth-order valence-corrected chi connectivity index (χ4v) is 1.62. The number of amides is 1. The normalized spacial score (nSPS) is 21.1. The third-order valence-corrected chi connectivity index (χ3v) is 3.12. The van der Waals surface area contributed by atoms with Crippen molar-refractivity contribution in [1.82, 2.24) is 10.6 Å². The zero-order valence-electron chi connectivity index (χ0n) is 9.52. The number of hydrogen-bond acceptors (Lipinski definition) is 2. The number of carbonyl (C=O) groups is 1. The zero-order valence-corrected chi connectivity index (χ0v) is 9.52. The van der Waals surface area contributed by atoms with Crippen molar-refractivity contribution in [2.75, 3.05) is 6.54 Å². The van der Waals surface area contributed by atoms with Crippen LogP contribution in [0, 0.1) is 0 Å². The summed E-state index contributed by atoms with van der Waals surface area (Å²) in [5.41, 5.74) is 0.0915. The van der Waals surface area contributed by atoms with E-state index in [9.17, 15) is 4.79 Å². The molecule has 1 fully saturated rings. The minimum Gasteiger partial charge on any atom is -0.350 e. The van der Waals surface area contributed by atoms with E-state index in [2.05, 4.69) is 31.4 Å². The highest BCUT2D eigenvalue weighted by Crippen LogP contribution is 2.30. The molecule has 2 N–H and O–H groups in total. The van der Waals surface area contributed by atoms with E-state index < -0.39 is 0 Å². The van der Waals surface area contributed by atoms with Crippen LogP contribution in [0.1, 0.15) is 46.5 Å². The molecular weight excluding hydrogens is 176 g/mol. The molecule has 0 aromatic rings. The minimum absolute atomic E-state index is 0.0915. The largest absolute Gasteiger partial charge is 0.350 e. The fourth-order valence-electron chi connectivity index (χ4n) is 1.62. The molecule has 0 spiro atoms. The lowest BCUT2D eigenvalue weighted by atomic mass is 9.78. The Balaban J connectivity index is 2.16. The highest BCUT2D eigenvalue weighted by atomic mass is 16.2. The molecule has 0 aliphatic heterocycles. The van der Waals surface area contributed by atoms with Crippen LogP contribution >= 0.6 is 0 Å². The molecule has 14 heavy (non-hydrogen) atoms. The molecule has 1 amide bonds. The third-order valence-electron chi connectivity index (χ3n) is 3.12. The summed E-state index contributed by atoms with van der Waals surface area (Å²) >= 11 is 0. The maximum Gasteiger partial charge on any atom is 0.234 e. The van der Waals surface area contributed by atoms with E-state index in [1.807, 2.05) is 0 Å². The minimum atomic E-state index is 0.0915. The first-order valence-electron chi connectivity index (χ1n) is 5.60. The Morgan fingerprint density at radius 1 is 1.50 bits per heavy atom. The summed E-state index contributed by atoms with van der Waals surface area (Å²) in [6.07, 6.45) is 4.56. The molecule has 0 aromatic carbocycles. The third kappa shape index (κ3) is 3.29. The van der Waals surface area contributed by atoms with Gasteiger partial charge in [0.05, 0.1) is 6.54 Å². The maximum absolute atomic E-state index is 11.5. The van der Waals surface area contributed by atoms with Crippen LogP contribution < -0.4 is 10.6 Å². The second-order valence-electron chi connectivity index (χ2n) is 4.65. The number of rotatable bonds is 5. The van der Waals surface area contributed by atoms with E-state index in [0.29, 0.717) is 12.6 Å². The average molecular weight is 198 g/mol. The van der Waals surface area contributed by atoms with Crippen molar-refractivity contribution in [2.45, 2.75) is 58.0 Å². The van der Waals surface area contributed by atoms with Crippen LogP contribution in [-0.2, 0) is 4.79 Å². The van der Waals surface area contributed by atoms with E-state index in [0.717, 1.165) is 19.3 Å². The SMILES string of the molecule is CCC(C)NCC(=O)NC1(C)CCC1. The molecule has 0 heterocycles. The summed E-state index contributed by atoms with van der Waals surface area (Å²) in [4.78, 5) is 11.5. The van der Waals surface area contributed by atoms with Gasteiger partial charge >= 0.3 is 0 Å². The van der Waals surface area contributed by atoms with Gasteiger partial charge in [0.1, 0.15) is 0 Å². The number of carbonyl (C=O) groups excluding carboxylic acids is 1. The lowest BCUT2D eigenvalue weighted by molar-refractivity contribution is -0.123. The van der Waals surface area contributed by atoms with Crippen LogP contribution in [0.2, 0.25) is 0 Å². The Kier molecular flexibility index (Phi) is 3.93. The van der Waals surface area contributed by atoms with E-state index in [1.165, 1.54) is 6.42 Å². The van der Waals surface area contributed by atoms with Gasteiger partial charge in [0.25, 0.3) is 0 Å². The van der Waals surface area contributed by atoms with Crippen LogP contribution in [-0.4, -0.2) is 24.0 Å². The molecule has 1 aliphatic carbocycles. The van der Waals surface area contributed by atoms with Gasteiger partial charge in [-0.2, -0.15) is 0 Å². The van der Waals surface area contributed by atoms with Crippen molar-refractivity contribution in [2.24, 2.45) is 0 Å². The molecule has 0 bridgehead atoms. The van der Waals surface area contributed by atoms with Crippen molar-refractivity contribution in [3.63, 3.8) is 0 Å². The highest BCUT2D eigenvalue weighted by Gasteiger charge is 2.32. The van der Waals surface area contributed by atoms with Crippen LogP contribution in [0.15, 0.2) is 0 Å². The summed E-state index contributed by atoms with van der Waals surface area (Å²) in [7, 11) is 0. The molecule has 0 aromatic heterocycles. The average Bonchev–Trinajstić information content (AvgIpc) is 2.11. The van der Waals surface area contributed by atoms with Gasteiger partial charge in [0, 0.05) is 11.6 Å². The van der Waals surface area contributed by atoms with Crippen molar-refractivity contribution in [1.29, 1.82) is 0 Å². The molecule has 1 rings (SSSR count). The second-order valence-corrected chi connectivity index (χ2v) is 4.65. The first kappa shape index (κ1) is 11.5. The first-order valence-corrected chi connectivity index (χ1v) is 5.60. The maximum atomic E-state index is 11.5. The van der Waals surface area contributed by atoms with Crippen LogP contribution in [0.4, 0.5) is 0 Å². The molecule has 3 heteroatoms. The van der Waals surface area contributed by atoms with Gasteiger partial charge in [-0.05, 0) is 39.5 Å². The zero-order chi connectivity index (χ0) is 10.6. The van der Waals surface area contributed by atoms with Gasteiger partial charge in [-0.3, -0.25) is 4.79 Å². The van der Waals surface area contributed by atoms with Crippen molar-refractivity contribution in [3.8, 4) is 0 Å². The highest BCUT2D eigenvalue weighted by molar-refractivity contribution is 5.78. The van der Waals surface area contributed by atoms with E-state index in [-0.39, 0.29) is 11.4 Å². The van der Waals surface area contributed by atoms with Gasteiger partial charge in [-0.1, -0.05) is 6.92 Å². The first-order chi connectivity index (χ1) is 6.56. The second kappa shape index (κ2) is 4.78. The van der Waals surface area contributed by atoms with E-state index in [4.69, 9.17) is 0 Å². The van der Waals surface area contributed by atoms with Crippen molar-refractivity contribution < 1.29 is 4.79 Å². The molecule has 82 valence electrons. The molecule has 0 radical (unpaired) electrons. The van der Waals surface area contributed by atoms with Gasteiger partial charge in [0.2, 0.25) is 5.91 Å². The topological polar surface area (TPSA) is 41.1 Å². The quantitative estimate of drug-likeness (QED) is 0.701. The number of hydrogen-bond donors (Lipinski definition) is 2. The van der Waals surface area contributed by atoms with Crippen molar-refractivity contribution in [3.05, 3.63) is 0 Å². The molecule has 1 atom stereocenters. The summed E-state index contributed by atoms with van der Waals surface area (Å²) < 4.78 is 0. The van der Waals surface area contributed by atoms with Crippen LogP contribution in [0.25, 0.3) is 0 Å². The summed E-state index contributed by atoms with van der Waals surface area (Å²) in [6, 6.07) is 0.426. The Labute approximate surface area is 86.6 Å². The fraction of sp³-hybridized carbons (Fsp3) is 0.909. The lowest BCUT2D eigenvalue weighted by Gasteiger charge is -2.39. The van der Waals surface area contributed by atoms with Gasteiger partial charge in [-0.15, -0.1) is 0 Å². The standard InChI is InChI=1S/C11H22N2O/c1-4-9(2)12-8-10(14)13-11(3)6-5-7-11/h9,12H,4-8H2,1-3H3,(H,13,14). The Morgan fingerprint density at radius 2 is 2.14 bits per heavy atom. The van der Waals surface area contributed by atoms with Gasteiger partial charge in [-0.25, -0.2) is 0 Å². The monoisotopic (exact) mass is 198 g/mol. The van der Waals surface area contributed by atoms with Gasteiger partial charge in [0.15, 0.2) is 0 Å². The molecule has 0 saturated heterocycles. The van der Waals surface area contributed by atoms with E-state index in [1.54, 1.807) is 0 Å².